The van der Waals surface area contributed by atoms with Crippen LogP contribution in [0.5, 0.6) is 0 Å². The van der Waals surface area contributed by atoms with Crippen molar-refractivity contribution in [2.24, 2.45) is 0 Å². The Morgan fingerprint density at radius 2 is 2.22 bits per heavy atom. The molecule has 1 heterocycles. The van der Waals surface area contributed by atoms with Gasteiger partial charge in [-0.1, -0.05) is 0 Å². The maximum atomic E-state index is 12.6. The van der Waals surface area contributed by atoms with Crippen molar-refractivity contribution in [3.8, 4) is 0 Å². The van der Waals surface area contributed by atoms with Gasteiger partial charge in [-0.15, -0.1) is 0 Å². The van der Waals surface area contributed by atoms with E-state index < -0.39 is 0 Å². The van der Waals surface area contributed by atoms with Crippen LogP contribution in [0.1, 0.15) is 24.2 Å². The minimum atomic E-state index is -0.254. The maximum Gasteiger partial charge on any atom is 0.255 e. The van der Waals surface area contributed by atoms with E-state index in [0.717, 1.165) is 13.6 Å². The number of carbonyl (C=O) groups is 1. The van der Waals surface area contributed by atoms with E-state index in [4.69, 9.17) is 4.74 Å². The zero-order valence-corrected chi connectivity index (χ0v) is 14.1. The highest BCUT2D eigenvalue weighted by Gasteiger charge is 2.35. The zero-order valence-electron chi connectivity index (χ0n) is 10.4. The van der Waals surface area contributed by atoms with Crippen LogP contribution in [0.3, 0.4) is 0 Å². The number of rotatable bonds is 1. The molecule has 1 aliphatic heterocycles. The number of morpholine rings is 1. The highest BCUT2D eigenvalue weighted by Crippen LogP contribution is 2.26. The SMILES string of the molecule is CC1(C)COCCN1C(=O)c1cc(I)ccc1Br. The number of amides is 1. The van der Waals surface area contributed by atoms with E-state index in [9.17, 15) is 4.79 Å². The van der Waals surface area contributed by atoms with Crippen LogP contribution in [0.25, 0.3) is 0 Å². The van der Waals surface area contributed by atoms with Crippen LogP contribution in [0.15, 0.2) is 22.7 Å². The molecule has 0 aromatic heterocycles. The molecule has 0 aliphatic carbocycles. The number of nitrogens with zero attached hydrogens (tertiary/aromatic N) is 1. The summed E-state index contributed by atoms with van der Waals surface area (Å²) in [5, 5.41) is 0. The summed E-state index contributed by atoms with van der Waals surface area (Å²) < 4.78 is 7.35. The number of benzene rings is 1. The summed E-state index contributed by atoms with van der Waals surface area (Å²) in [6.45, 7) is 5.90. The summed E-state index contributed by atoms with van der Waals surface area (Å²) in [7, 11) is 0. The smallest absolute Gasteiger partial charge is 0.255 e. The standard InChI is InChI=1S/C13H15BrINO2/c1-13(2)8-18-6-5-16(13)12(17)10-7-9(15)3-4-11(10)14/h3-4,7H,5-6,8H2,1-2H3. The lowest BCUT2D eigenvalue weighted by Gasteiger charge is -2.42. The van der Waals surface area contributed by atoms with Crippen LogP contribution in [0.2, 0.25) is 0 Å². The molecule has 18 heavy (non-hydrogen) atoms. The first kappa shape index (κ1) is 14.3. The Morgan fingerprint density at radius 1 is 1.50 bits per heavy atom. The van der Waals surface area contributed by atoms with Crippen molar-refractivity contribution in [3.05, 3.63) is 31.8 Å². The molecule has 2 rings (SSSR count). The van der Waals surface area contributed by atoms with E-state index >= 15 is 0 Å². The molecule has 0 spiro atoms. The lowest BCUT2D eigenvalue weighted by Crippen LogP contribution is -2.55. The first-order chi connectivity index (χ1) is 8.42. The van der Waals surface area contributed by atoms with Gasteiger partial charge in [-0.05, 0) is 70.6 Å². The lowest BCUT2D eigenvalue weighted by atomic mass is 10.0. The fourth-order valence-corrected chi connectivity index (χ4v) is 2.95. The molecule has 1 aromatic rings. The average molecular weight is 424 g/mol. The van der Waals surface area contributed by atoms with Gasteiger partial charge in [0, 0.05) is 14.6 Å². The van der Waals surface area contributed by atoms with Crippen molar-refractivity contribution in [1.29, 1.82) is 0 Å². The number of hydrogen-bond acceptors (Lipinski definition) is 2. The Hall–Kier alpha value is -0.140. The molecule has 1 aromatic carbocycles. The number of ether oxygens (including phenoxy) is 1. The predicted octanol–water partition coefficient (Wildman–Crippen LogP) is 3.30. The van der Waals surface area contributed by atoms with Gasteiger partial charge in [0.25, 0.3) is 5.91 Å². The number of halogens is 2. The van der Waals surface area contributed by atoms with Gasteiger partial charge in [0.2, 0.25) is 0 Å². The summed E-state index contributed by atoms with van der Waals surface area (Å²) in [6, 6.07) is 5.81. The van der Waals surface area contributed by atoms with Crippen molar-refractivity contribution in [2.45, 2.75) is 19.4 Å². The van der Waals surface area contributed by atoms with Crippen LogP contribution in [0.4, 0.5) is 0 Å². The Kier molecular flexibility index (Phi) is 4.33. The van der Waals surface area contributed by atoms with Crippen LogP contribution in [0, 0.1) is 3.57 Å². The summed E-state index contributed by atoms with van der Waals surface area (Å²) in [4.78, 5) is 14.5. The molecule has 5 heteroatoms. The average Bonchev–Trinajstić information content (AvgIpc) is 2.31. The third-order valence-electron chi connectivity index (χ3n) is 3.05. The molecular weight excluding hydrogens is 409 g/mol. The summed E-state index contributed by atoms with van der Waals surface area (Å²) in [6.07, 6.45) is 0. The second kappa shape index (κ2) is 5.46. The van der Waals surface area contributed by atoms with Crippen molar-refractivity contribution in [3.63, 3.8) is 0 Å². The highest BCUT2D eigenvalue weighted by atomic mass is 127. The Bertz CT molecular complexity index is 476. The molecule has 0 atom stereocenters. The van der Waals surface area contributed by atoms with Crippen molar-refractivity contribution in [2.75, 3.05) is 19.8 Å². The van der Waals surface area contributed by atoms with Crippen LogP contribution < -0.4 is 0 Å². The lowest BCUT2D eigenvalue weighted by molar-refractivity contribution is -0.0371. The molecule has 1 aliphatic rings. The minimum absolute atomic E-state index is 0.0636. The summed E-state index contributed by atoms with van der Waals surface area (Å²) in [5.74, 6) is 0.0636. The van der Waals surface area contributed by atoms with E-state index in [1.54, 1.807) is 0 Å². The van der Waals surface area contributed by atoms with Crippen LogP contribution >= 0.6 is 38.5 Å². The van der Waals surface area contributed by atoms with E-state index in [1.165, 1.54) is 0 Å². The fraction of sp³-hybridized carbons (Fsp3) is 0.462. The summed E-state index contributed by atoms with van der Waals surface area (Å²) in [5.41, 5.74) is 0.465. The zero-order chi connectivity index (χ0) is 13.3. The minimum Gasteiger partial charge on any atom is -0.377 e. The molecule has 1 amide bonds. The predicted molar refractivity (Wildman–Crippen MR) is 82.8 cm³/mol. The molecule has 98 valence electrons. The summed E-state index contributed by atoms with van der Waals surface area (Å²) >= 11 is 5.67. The van der Waals surface area contributed by atoms with Crippen LogP contribution in [-0.4, -0.2) is 36.1 Å². The molecule has 1 saturated heterocycles. The van der Waals surface area contributed by atoms with E-state index in [0.29, 0.717) is 19.8 Å². The topological polar surface area (TPSA) is 29.5 Å². The van der Waals surface area contributed by atoms with Crippen molar-refractivity contribution in [1.82, 2.24) is 4.90 Å². The third kappa shape index (κ3) is 2.88. The van der Waals surface area contributed by atoms with Gasteiger partial charge in [-0.25, -0.2) is 0 Å². The molecule has 1 fully saturated rings. The van der Waals surface area contributed by atoms with Gasteiger partial charge in [-0.3, -0.25) is 4.79 Å². The monoisotopic (exact) mass is 423 g/mol. The molecule has 3 nitrogen and oxygen atoms in total. The van der Waals surface area contributed by atoms with Gasteiger partial charge in [0.15, 0.2) is 0 Å². The molecule has 0 unspecified atom stereocenters. The molecule has 0 radical (unpaired) electrons. The van der Waals surface area contributed by atoms with Gasteiger partial charge in [0.1, 0.15) is 0 Å². The van der Waals surface area contributed by atoms with Crippen LogP contribution in [-0.2, 0) is 4.74 Å². The first-order valence-corrected chi connectivity index (χ1v) is 7.64. The number of carbonyl (C=O) groups excluding carboxylic acids is 1. The second-order valence-corrected chi connectivity index (χ2v) is 7.05. The normalized spacial score (nSPS) is 18.8. The quantitative estimate of drug-likeness (QED) is 0.648. The van der Waals surface area contributed by atoms with E-state index in [1.807, 2.05) is 36.9 Å². The Balaban J connectivity index is 2.33. The molecule has 0 saturated carbocycles. The second-order valence-electron chi connectivity index (χ2n) is 4.95. The first-order valence-electron chi connectivity index (χ1n) is 5.76. The fourth-order valence-electron chi connectivity index (χ4n) is 2.04. The third-order valence-corrected chi connectivity index (χ3v) is 4.41. The van der Waals surface area contributed by atoms with Gasteiger partial charge in [0.05, 0.1) is 24.3 Å². The van der Waals surface area contributed by atoms with Crippen molar-refractivity contribution >= 4 is 44.4 Å². The number of hydrogen-bond donors (Lipinski definition) is 0. The molecule has 0 bridgehead atoms. The molecule has 0 N–H and O–H groups in total. The van der Waals surface area contributed by atoms with Gasteiger partial charge >= 0.3 is 0 Å². The molecular formula is C13H15BrINO2. The largest absolute Gasteiger partial charge is 0.377 e. The van der Waals surface area contributed by atoms with E-state index in [2.05, 4.69) is 38.5 Å². The Labute approximate surface area is 129 Å². The van der Waals surface area contributed by atoms with E-state index in [-0.39, 0.29) is 11.4 Å². The van der Waals surface area contributed by atoms with Gasteiger partial charge < -0.3 is 9.64 Å². The highest BCUT2D eigenvalue weighted by molar-refractivity contribution is 14.1. The van der Waals surface area contributed by atoms with Gasteiger partial charge in [-0.2, -0.15) is 0 Å². The maximum absolute atomic E-state index is 12.6. The van der Waals surface area contributed by atoms with Crippen molar-refractivity contribution < 1.29 is 9.53 Å². The Morgan fingerprint density at radius 3 is 2.89 bits per heavy atom.